The van der Waals surface area contributed by atoms with Crippen molar-refractivity contribution in [3.8, 4) is 0 Å². The van der Waals surface area contributed by atoms with E-state index in [1.807, 2.05) is 4.90 Å². The van der Waals surface area contributed by atoms with Crippen LogP contribution in [-0.2, 0) is 22.3 Å². The Labute approximate surface area is 173 Å². The van der Waals surface area contributed by atoms with Crippen LogP contribution in [-0.4, -0.2) is 47.2 Å². The van der Waals surface area contributed by atoms with E-state index in [9.17, 15) is 18.0 Å². The average molecular weight is 431 g/mol. The van der Waals surface area contributed by atoms with E-state index in [1.54, 1.807) is 6.07 Å². The molecule has 1 aromatic rings. The van der Waals surface area contributed by atoms with Gasteiger partial charge in [0.15, 0.2) is 0 Å². The van der Waals surface area contributed by atoms with Crippen molar-refractivity contribution in [2.24, 2.45) is 11.8 Å². The molecule has 3 saturated heterocycles. The zero-order valence-corrected chi connectivity index (χ0v) is 17.4. The summed E-state index contributed by atoms with van der Waals surface area (Å²) in [6.07, 6.45) is -2.52. The quantitative estimate of drug-likeness (QED) is 0.705. The molecular weight excluding hydrogens is 405 g/mol. The molecule has 160 valence electrons. The summed E-state index contributed by atoms with van der Waals surface area (Å²) in [6.45, 7) is 6.59. The van der Waals surface area contributed by atoms with E-state index in [0.29, 0.717) is 50.6 Å². The van der Waals surface area contributed by atoms with Crippen molar-refractivity contribution in [1.29, 1.82) is 0 Å². The van der Waals surface area contributed by atoms with Crippen molar-refractivity contribution < 1.29 is 22.7 Å². The molecule has 1 amide bonds. The SMILES string of the molecule is CC(C)[C@H]1CO[C@]23CCN(Cc4ccc(Cl)c(C(F)(F)F)c4)C[C@H]2CCC(=O)N13. The van der Waals surface area contributed by atoms with Crippen molar-refractivity contribution in [2.75, 3.05) is 19.7 Å². The number of hydrogen-bond donors (Lipinski definition) is 0. The van der Waals surface area contributed by atoms with E-state index in [1.165, 1.54) is 6.07 Å². The summed E-state index contributed by atoms with van der Waals surface area (Å²) in [5.74, 6) is 0.662. The predicted octanol–water partition coefficient (Wildman–Crippen LogP) is 4.55. The van der Waals surface area contributed by atoms with Crippen LogP contribution in [0.1, 0.15) is 44.2 Å². The molecule has 1 spiro atoms. The van der Waals surface area contributed by atoms with Crippen LogP contribution in [0.2, 0.25) is 5.02 Å². The Morgan fingerprint density at radius 1 is 1.34 bits per heavy atom. The van der Waals surface area contributed by atoms with Crippen LogP contribution >= 0.6 is 11.6 Å². The molecule has 0 radical (unpaired) electrons. The first-order chi connectivity index (χ1) is 13.6. The molecule has 3 heterocycles. The number of amides is 1. The molecule has 0 saturated carbocycles. The molecule has 4 rings (SSSR count). The zero-order valence-electron chi connectivity index (χ0n) is 16.6. The highest BCUT2D eigenvalue weighted by atomic mass is 35.5. The van der Waals surface area contributed by atoms with Gasteiger partial charge in [0.1, 0.15) is 5.72 Å². The van der Waals surface area contributed by atoms with Crippen molar-refractivity contribution in [1.82, 2.24) is 9.80 Å². The van der Waals surface area contributed by atoms with Gasteiger partial charge < -0.3 is 9.64 Å². The number of hydrogen-bond acceptors (Lipinski definition) is 3. The number of nitrogens with zero attached hydrogens (tertiary/aromatic N) is 2. The summed E-state index contributed by atoms with van der Waals surface area (Å²) < 4.78 is 45.8. The first kappa shape index (κ1) is 20.9. The van der Waals surface area contributed by atoms with Gasteiger partial charge in [-0.25, -0.2) is 0 Å². The predicted molar refractivity (Wildman–Crippen MR) is 103 cm³/mol. The van der Waals surface area contributed by atoms with E-state index in [2.05, 4.69) is 18.7 Å². The third-order valence-electron chi connectivity index (χ3n) is 6.63. The molecular formula is C21H26ClF3N2O2. The lowest BCUT2D eigenvalue weighted by molar-refractivity contribution is -0.193. The molecule has 0 aromatic heterocycles. The van der Waals surface area contributed by atoms with E-state index in [-0.39, 0.29) is 22.9 Å². The monoisotopic (exact) mass is 430 g/mol. The second-order valence-corrected chi connectivity index (χ2v) is 9.17. The van der Waals surface area contributed by atoms with Gasteiger partial charge in [0, 0.05) is 38.4 Å². The molecule has 3 aliphatic heterocycles. The smallest absolute Gasteiger partial charge is 0.353 e. The van der Waals surface area contributed by atoms with E-state index < -0.39 is 17.5 Å². The minimum atomic E-state index is -4.47. The summed E-state index contributed by atoms with van der Waals surface area (Å²) in [5, 5.41) is -0.278. The van der Waals surface area contributed by atoms with Gasteiger partial charge in [-0.2, -0.15) is 13.2 Å². The second kappa shape index (κ2) is 7.43. The minimum absolute atomic E-state index is 0.0995. The lowest BCUT2D eigenvalue weighted by Crippen LogP contribution is -2.65. The molecule has 0 bridgehead atoms. The van der Waals surface area contributed by atoms with Crippen molar-refractivity contribution in [3.63, 3.8) is 0 Å². The first-order valence-corrected chi connectivity index (χ1v) is 10.5. The van der Waals surface area contributed by atoms with E-state index in [0.717, 1.165) is 12.5 Å². The van der Waals surface area contributed by atoms with Crippen LogP contribution < -0.4 is 0 Å². The Kier molecular flexibility index (Phi) is 5.37. The summed E-state index contributed by atoms with van der Waals surface area (Å²) in [7, 11) is 0. The van der Waals surface area contributed by atoms with Gasteiger partial charge in [0.05, 0.1) is 23.2 Å². The second-order valence-electron chi connectivity index (χ2n) is 8.76. The van der Waals surface area contributed by atoms with E-state index in [4.69, 9.17) is 16.3 Å². The number of ether oxygens (including phenoxy) is 1. The highest BCUT2D eigenvalue weighted by Gasteiger charge is 2.58. The largest absolute Gasteiger partial charge is 0.417 e. The molecule has 29 heavy (non-hydrogen) atoms. The van der Waals surface area contributed by atoms with Gasteiger partial charge >= 0.3 is 6.18 Å². The fraction of sp³-hybridized carbons (Fsp3) is 0.667. The van der Waals surface area contributed by atoms with Crippen LogP contribution in [0.15, 0.2) is 18.2 Å². The number of benzene rings is 1. The van der Waals surface area contributed by atoms with Crippen LogP contribution in [0, 0.1) is 11.8 Å². The Morgan fingerprint density at radius 2 is 2.10 bits per heavy atom. The molecule has 3 atom stereocenters. The number of likely N-dealkylation sites (tertiary alicyclic amines) is 1. The Bertz CT molecular complexity index is 801. The molecule has 3 fully saturated rings. The van der Waals surface area contributed by atoms with Gasteiger partial charge in [-0.3, -0.25) is 9.69 Å². The number of carbonyl (C=O) groups is 1. The summed E-state index contributed by atoms with van der Waals surface area (Å²) >= 11 is 5.74. The fourth-order valence-corrected chi connectivity index (χ4v) is 5.37. The zero-order chi connectivity index (χ0) is 21.0. The van der Waals surface area contributed by atoms with E-state index >= 15 is 0 Å². The standard InChI is InChI=1S/C21H26ClF3N2O2/c1-13(2)18-12-29-20-7-8-26(11-15(20)4-6-19(28)27(18)20)10-14-3-5-17(22)16(9-14)21(23,24)25/h3,5,9,13,15,18H,4,6-8,10-12H2,1-2H3/t15-,18-,20-/m1/s1. The summed E-state index contributed by atoms with van der Waals surface area (Å²) in [4.78, 5) is 16.8. The maximum atomic E-state index is 13.2. The minimum Gasteiger partial charge on any atom is -0.353 e. The van der Waals surface area contributed by atoms with Crippen molar-refractivity contribution >= 4 is 17.5 Å². The summed E-state index contributed by atoms with van der Waals surface area (Å²) in [5.41, 5.74) is -0.745. The summed E-state index contributed by atoms with van der Waals surface area (Å²) in [6, 6.07) is 4.21. The third kappa shape index (κ3) is 3.66. The number of piperidine rings is 2. The van der Waals surface area contributed by atoms with Gasteiger partial charge in [-0.05, 0) is 30.0 Å². The third-order valence-corrected chi connectivity index (χ3v) is 6.96. The van der Waals surface area contributed by atoms with Gasteiger partial charge in [0.25, 0.3) is 0 Å². The first-order valence-electron chi connectivity index (χ1n) is 10.2. The molecule has 0 aliphatic carbocycles. The normalized spacial score (nSPS) is 30.6. The Hall–Kier alpha value is -1.31. The maximum Gasteiger partial charge on any atom is 0.417 e. The molecule has 0 unspecified atom stereocenters. The lowest BCUT2D eigenvalue weighted by Gasteiger charge is -2.53. The van der Waals surface area contributed by atoms with Crippen LogP contribution in [0.5, 0.6) is 0 Å². The Balaban J connectivity index is 1.51. The van der Waals surface area contributed by atoms with Crippen LogP contribution in [0.3, 0.4) is 0 Å². The maximum absolute atomic E-state index is 13.2. The number of alkyl halides is 3. The van der Waals surface area contributed by atoms with Crippen LogP contribution in [0.25, 0.3) is 0 Å². The molecule has 1 aromatic carbocycles. The van der Waals surface area contributed by atoms with Crippen LogP contribution in [0.4, 0.5) is 13.2 Å². The molecule has 0 N–H and O–H groups in total. The highest BCUT2D eigenvalue weighted by molar-refractivity contribution is 6.31. The van der Waals surface area contributed by atoms with Gasteiger partial charge in [0.2, 0.25) is 5.91 Å². The molecule has 4 nitrogen and oxygen atoms in total. The van der Waals surface area contributed by atoms with Gasteiger partial charge in [-0.1, -0.05) is 31.5 Å². The average Bonchev–Trinajstić information content (AvgIpc) is 3.04. The molecule has 3 aliphatic rings. The van der Waals surface area contributed by atoms with Gasteiger partial charge in [-0.15, -0.1) is 0 Å². The van der Waals surface area contributed by atoms with Crippen molar-refractivity contribution in [3.05, 3.63) is 34.3 Å². The topological polar surface area (TPSA) is 32.8 Å². The fourth-order valence-electron chi connectivity index (χ4n) is 5.14. The molecule has 8 heteroatoms. The number of rotatable bonds is 3. The Morgan fingerprint density at radius 3 is 2.79 bits per heavy atom. The number of carbonyl (C=O) groups excluding carboxylic acids is 1. The van der Waals surface area contributed by atoms with Crippen molar-refractivity contribution in [2.45, 2.75) is 57.6 Å². The number of halogens is 4. The highest BCUT2D eigenvalue weighted by Crippen LogP contribution is 2.47. The lowest BCUT2D eigenvalue weighted by atomic mass is 9.79.